The molecule has 2 aliphatic carbocycles. The van der Waals surface area contributed by atoms with Crippen LogP contribution in [0.4, 0.5) is 0 Å². The largest absolute Gasteiger partial charge is 0.477 e. The molecule has 22 heavy (non-hydrogen) atoms. The molecule has 0 aromatic carbocycles. The van der Waals surface area contributed by atoms with Gasteiger partial charge in [-0.25, -0.2) is 4.79 Å². The van der Waals surface area contributed by atoms with E-state index < -0.39 is 5.97 Å². The number of carbonyl (C=O) groups excluding carboxylic acids is 1. The molecule has 1 unspecified atom stereocenters. The monoisotopic (exact) mass is 312 g/mol. The van der Waals surface area contributed by atoms with Crippen LogP contribution in [0.2, 0.25) is 0 Å². The Balaban J connectivity index is 1.65. The van der Waals surface area contributed by atoms with Gasteiger partial charge in [0.2, 0.25) is 0 Å². The summed E-state index contributed by atoms with van der Waals surface area (Å²) in [5.41, 5.74) is 2.71. The van der Waals surface area contributed by atoms with Crippen molar-refractivity contribution in [2.24, 2.45) is 5.92 Å². The summed E-state index contributed by atoms with van der Waals surface area (Å²) in [4.78, 5) is 24.2. The average molecular weight is 312 g/mol. The maximum absolute atomic E-state index is 12.3. The van der Waals surface area contributed by atoms with Crippen LogP contribution in [0, 0.1) is 5.92 Å². The van der Waals surface area contributed by atoms with Gasteiger partial charge in [-0.2, -0.15) is 0 Å². The van der Waals surface area contributed by atoms with Gasteiger partial charge in [0.15, 0.2) is 5.78 Å². The van der Waals surface area contributed by atoms with Gasteiger partial charge >= 0.3 is 5.97 Å². The molecule has 1 atom stereocenters. The number of carboxylic acid groups (broad SMARTS) is 1. The van der Waals surface area contributed by atoms with Crippen LogP contribution < -0.4 is 0 Å². The molecule has 112 valence electrons. The van der Waals surface area contributed by atoms with E-state index in [-0.39, 0.29) is 16.6 Å². The fourth-order valence-corrected chi connectivity index (χ4v) is 3.47. The van der Waals surface area contributed by atoms with E-state index >= 15 is 0 Å². The number of carboxylic acids is 1. The first-order valence-corrected chi connectivity index (χ1v) is 8.04. The highest BCUT2D eigenvalue weighted by Gasteiger charge is 2.21. The zero-order valence-corrected chi connectivity index (χ0v) is 12.8. The number of aromatic carboxylic acids is 1. The lowest BCUT2D eigenvalue weighted by molar-refractivity contribution is -0.116. The normalized spacial score (nSPS) is 20.5. The van der Waals surface area contributed by atoms with Crippen LogP contribution in [0.15, 0.2) is 53.7 Å². The first kappa shape index (κ1) is 14.7. The van der Waals surface area contributed by atoms with E-state index in [0.717, 1.165) is 24.1 Å². The lowest BCUT2D eigenvalue weighted by Gasteiger charge is -2.22. The van der Waals surface area contributed by atoms with E-state index in [0.29, 0.717) is 0 Å². The van der Waals surface area contributed by atoms with Crippen molar-refractivity contribution >= 4 is 29.2 Å². The molecule has 0 spiro atoms. The summed E-state index contributed by atoms with van der Waals surface area (Å²) in [7, 11) is 0. The van der Waals surface area contributed by atoms with E-state index in [2.05, 4.69) is 18.2 Å². The van der Waals surface area contributed by atoms with E-state index in [4.69, 9.17) is 5.11 Å². The zero-order valence-electron chi connectivity index (χ0n) is 12.0. The van der Waals surface area contributed by atoms with Gasteiger partial charge < -0.3 is 5.11 Å². The van der Waals surface area contributed by atoms with E-state index in [1.165, 1.54) is 22.5 Å². The van der Waals surface area contributed by atoms with Crippen LogP contribution in [0.3, 0.4) is 0 Å². The van der Waals surface area contributed by atoms with Gasteiger partial charge in [-0.05, 0) is 49.1 Å². The Kier molecular flexibility index (Phi) is 4.20. The number of thiophene rings is 1. The molecular weight excluding hydrogens is 296 g/mol. The molecular formula is C18H16O3S. The van der Waals surface area contributed by atoms with Crippen LogP contribution in [0.1, 0.15) is 33.8 Å². The smallest absolute Gasteiger partial charge is 0.345 e. The average Bonchev–Trinajstić information content (AvgIpc) is 3.01. The highest BCUT2D eigenvalue weighted by atomic mass is 32.1. The third kappa shape index (κ3) is 3.17. The van der Waals surface area contributed by atoms with Crippen molar-refractivity contribution < 1.29 is 14.7 Å². The van der Waals surface area contributed by atoms with Crippen molar-refractivity contribution in [1.29, 1.82) is 0 Å². The molecule has 0 saturated heterocycles. The van der Waals surface area contributed by atoms with Crippen LogP contribution in [-0.2, 0) is 4.79 Å². The molecule has 1 heterocycles. The molecule has 1 aromatic heterocycles. The minimum Gasteiger partial charge on any atom is -0.477 e. The van der Waals surface area contributed by atoms with Crippen molar-refractivity contribution in [1.82, 2.24) is 0 Å². The van der Waals surface area contributed by atoms with Gasteiger partial charge in [-0.15, -0.1) is 11.3 Å². The number of rotatable bonds is 4. The third-order valence-electron chi connectivity index (χ3n) is 3.93. The Morgan fingerprint density at radius 1 is 1.23 bits per heavy atom. The second-order valence-electron chi connectivity index (χ2n) is 5.42. The quantitative estimate of drug-likeness (QED) is 0.668. The summed E-state index contributed by atoms with van der Waals surface area (Å²) >= 11 is 1.17. The molecule has 0 aliphatic heterocycles. The van der Waals surface area contributed by atoms with Crippen molar-refractivity contribution in [3.63, 3.8) is 0 Å². The number of ketones is 1. The SMILES string of the molecule is O=C(O)c1ccc(/C=C/C(=O)C2C=CC3=C(CC=CC3)C2)s1. The van der Waals surface area contributed by atoms with Crippen molar-refractivity contribution in [2.45, 2.75) is 19.3 Å². The molecule has 1 aromatic rings. The molecule has 0 amide bonds. The Morgan fingerprint density at radius 2 is 2.05 bits per heavy atom. The molecule has 3 rings (SSSR count). The van der Waals surface area contributed by atoms with Gasteiger partial charge in [-0.3, -0.25) is 4.79 Å². The number of hydrogen-bond donors (Lipinski definition) is 1. The predicted octanol–water partition coefficient (Wildman–Crippen LogP) is 4.25. The number of hydrogen-bond acceptors (Lipinski definition) is 3. The Hall–Kier alpha value is -2.20. The van der Waals surface area contributed by atoms with E-state index in [9.17, 15) is 9.59 Å². The minimum atomic E-state index is -0.934. The van der Waals surface area contributed by atoms with Crippen LogP contribution in [0.5, 0.6) is 0 Å². The standard InChI is InChI=1S/C18H16O3S/c19-16(9-7-15-8-10-17(22-15)18(20)21)14-6-5-12-3-1-2-4-13(12)11-14/h1-2,5-10,14H,3-4,11H2,(H,20,21)/b9-7+. The molecule has 3 nitrogen and oxygen atoms in total. The predicted molar refractivity (Wildman–Crippen MR) is 88.0 cm³/mol. The van der Waals surface area contributed by atoms with E-state index in [1.807, 2.05) is 6.08 Å². The first-order valence-electron chi connectivity index (χ1n) is 7.22. The van der Waals surface area contributed by atoms with Crippen LogP contribution in [0.25, 0.3) is 6.08 Å². The topological polar surface area (TPSA) is 54.4 Å². The maximum atomic E-state index is 12.3. The van der Waals surface area contributed by atoms with E-state index in [1.54, 1.807) is 24.3 Å². The van der Waals surface area contributed by atoms with Crippen molar-refractivity contribution in [2.75, 3.05) is 0 Å². The maximum Gasteiger partial charge on any atom is 0.345 e. The van der Waals surface area contributed by atoms with Gasteiger partial charge in [0.05, 0.1) is 0 Å². The van der Waals surface area contributed by atoms with Crippen molar-refractivity contribution in [3.05, 3.63) is 63.4 Å². The summed E-state index contributed by atoms with van der Waals surface area (Å²) in [5.74, 6) is -0.959. The first-order chi connectivity index (χ1) is 10.6. The number of carbonyl (C=O) groups is 2. The van der Waals surface area contributed by atoms with Crippen LogP contribution >= 0.6 is 11.3 Å². The molecule has 0 fully saturated rings. The second kappa shape index (κ2) is 6.28. The Labute approximate surface area is 133 Å². The van der Waals surface area contributed by atoms with Crippen molar-refractivity contribution in [3.8, 4) is 0 Å². The molecule has 1 N–H and O–H groups in total. The Bertz CT molecular complexity index is 731. The van der Waals surface area contributed by atoms with Gasteiger partial charge in [0, 0.05) is 10.8 Å². The Morgan fingerprint density at radius 3 is 2.82 bits per heavy atom. The fourth-order valence-electron chi connectivity index (χ4n) is 2.72. The molecule has 0 bridgehead atoms. The van der Waals surface area contributed by atoms with Gasteiger partial charge in [0.25, 0.3) is 0 Å². The number of allylic oxidation sites excluding steroid dienone is 7. The lowest BCUT2D eigenvalue weighted by atomic mass is 9.82. The van der Waals surface area contributed by atoms with Crippen LogP contribution in [-0.4, -0.2) is 16.9 Å². The van der Waals surface area contributed by atoms with Gasteiger partial charge in [0.1, 0.15) is 4.88 Å². The highest BCUT2D eigenvalue weighted by Crippen LogP contribution is 2.32. The molecule has 0 saturated carbocycles. The third-order valence-corrected chi connectivity index (χ3v) is 4.97. The summed E-state index contributed by atoms with van der Waals surface area (Å²) in [6, 6.07) is 3.28. The second-order valence-corrected chi connectivity index (χ2v) is 6.54. The summed E-state index contributed by atoms with van der Waals surface area (Å²) in [5, 5.41) is 8.89. The molecule has 2 aliphatic rings. The van der Waals surface area contributed by atoms with Gasteiger partial charge in [-0.1, -0.05) is 29.9 Å². The highest BCUT2D eigenvalue weighted by molar-refractivity contribution is 7.14. The summed E-state index contributed by atoms with van der Waals surface area (Å²) in [6.07, 6.45) is 14.4. The molecule has 0 radical (unpaired) electrons. The lowest BCUT2D eigenvalue weighted by Crippen LogP contribution is -2.14. The zero-order chi connectivity index (χ0) is 15.5. The summed E-state index contributed by atoms with van der Waals surface area (Å²) < 4.78 is 0. The summed E-state index contributed by atoms with van der Waals surface area (Å²) in [6.45, 7) is 0. The fraction of sp³-hybridized carbons (Fsp3) is 0.222. The molecule has 4 heteroatoms. The minimum absolute atomic E-state index is 0.0719.